The third-order valence-corrected chi connectivity index (χ3v) is 7.50. The highest BCUT2D eigenvalue weighted by Crippen LogP contribution is 2.30. The van der Waals surface area contributed by atoms with Gasteiger partial charge in [-0.05, 0) is 52.9 Å². The van der Waals surface area contributed by atoms with Gasteiger partial charge in [-0.3, -0.25) is 13.9 Å². The largest absolute Gasteiger partial charge is 0.333 e. The van der Waals surface area contributed by atoms with E-state index in [0.717, 1.165) is 27.8 Å². The van der Waals surface area contributed by atoms with E-state index in [9.17, 15) is 9.59 Å². The van der Waals surface area contributed by atoms with Crippen molar-refractivity contribution >= 4 is 11.2 Å². The number of rotatable bonds is 8. The van der Waals surface area contributed by atoms with Crippen LogP contribution in [0.3, 0.4) is 0 Å². The minimum Gasteiger partial charge on any atom is -0.318 e. The van der Waals surface area contributed by atoms with Crippen LogP contribution in [-0.2, 0) is 13.1 Å². The summed E-state index contributed by atoms with van der Waals surface area (Å²) in [5.74, 6) is 1.27. The van der Waals surface area contributed by atoms with E-state index < -0.39 is 0 Å². The van der Waals surface area contributed by atoms with Crippen LogP contribution in [0.15, 0.2) is 88.5 Å². The second-order valence-electron chi connectivity index (χ2n) is 10.1. The van der Waals surface area contributed by atoms with Crippen molar-refractivity contribution in [2.45, 2.75) is 46.3 Å². The van der Waals surface area contributed by atoms with E-state index in [1.165, 1.54) is 4.57 Å². The van der Waals surface area contributed by atoms with Gasteiger partial charge in [-0.1, -0.05) is 85.8 Å². The number of imidazole rings is 1. The maximum Gasteiger partial charge on any atom is 0.333 e. The van der Waals surface area contributed by atoms with Crippen molar-refractivity contribution in [3.8, 4) is 22.5 Å². The summed E-state index contributed by atoms with van der Waals surface area (Å²) in [4.78, 5) is 32.1. The van der Waals surface area contributed by atoms with Crippen LogP contribution in [0.2, 0.25) is 0 Å². The van der Waals surface area contributed by atoms with Gasteiger partial charge in [0.2, 0.25) is 0 Å². The molecule has 0 spiro atoms. The van der Waals surface area contributed by atoms with Gasteiger partial charge in [-0.25, -0.2) is 14.9 Å². The molecule has 0 amide bonds. The molecule has 10 nitrogen and oxygen atoms in total. The standard InChI is InChI=1S/C31H30N8O2/c1-4-18-37-30(40)27-29(39(31(37)41)20(2)23-10-6-5-7-11-23)32-21(3)38(27)19-22-14-16-24(17-15-22)25-12-8-9-13-26(25)28-33-35-36-34-28/h5-17,20H,4,18-19H2,1-3H3,(H,33,34,35,36). The summed E-state index contributed by atoms with van der Waals surface area (Å²) >= 11 is 0. The van der Waals surface area contributed by atoms with E-state index in [1.54, 1.807) is 4.57 Å². The SMILES string of the molecule is CCCn1c(=O)c2c(nc(C)n2Cc2ccc(-c3ccccc3-c3nnn[nH]3)cc2)n(C(C)c2ccccc2)c1=O. The Bertz CT molecular complexity index is 1940. The second kappa shape index (κ2) is 10.8. The van der Waals surface area contributed by atoms with E-state index in [2.05, 4.69) is 32.8 Å². The van der Waals surface area contributed by atoms with Gasteiger partial charge >= 0.3 is 5.69 Å². The van der Waals surface area contributed by atoms with Crippen molar-refractivity contribution < 1.29 is 0 Å². The predicted octanol–water partition coefficient (Wildman–Crippen LogP) is 4.58. The third-order valence-electron chi connectivity index (χ3n) is 7.50. The van der Waals surface area contributed by atoms with Gasteiger partial charge in [0.25, 0.3) is 5.56 Å². The molecule has 3 aromatic carbocycles. The fourth-order valence-electron chi connectivity index (χ4n) is 5.39. The molecule has 1 N–H and O–H groups in total. The predicted molar refractivity (Wildman–Crippen MR) is 158 cm³/mol. The Morgan fingerprint density at radius 2 is 1.59 bits per heavy atom. The molecule has 3 heterocycles. The molecule has 0 aliphatic heterocycles. The van der Waals surface area contributed by atoms with Crippen LogP contribution in [0.5, 0.6) is 0 Å². The quantitative estimate of drug-likeness (QED) is 0.299. The van der Waals surface area contributed by atoms with E-state index in [1.807, 2.05) is 92.1 Å². The topological polar surface area (TPSA) is 116 Å². The van der Waals surface area contributed by atoms with Crippen LogP contribution in [0, 0.1) is 6.92 Å². The minimum atomic E-state index is -0.338. The van der Waals surface area contributed by atoms with Gasteiger partial charge in [0.1, 0.15) is 5.82 Å². The van der Waals surface area contributed by atoms with Crippen LogP contribution in [-0.4, -0.2) is 39.3 Å². The number of hydrogen-bond donors (Lipinski definition) is 1. The maximum absolute atomic E-state index is 13.7. The number of hydrogen-bond acceptors (Lipinski definition) is 6. The zero-order valence-electron chi connectivity index (χ0n) is 23.2. The van der Waals surface area contributed by atoms with E-state index in [4.69, 9.17) is 4.98 Å². The van der Waals surface area contributed by atoms with Crippen LogP contribution >= 0.6 is 0 Å². The molecule has 1 atom stereocenters. The number of aromatic nitrogens is 8. The Labute approximate surface area is 235 Å². The minimum absolute atomic E-state index is 0.295. The number of tetrazole rings is 1. The molecule has 206 valence electrons. The van der Waals surface area contributed by atoms with Gasteiger partial charge < -0.3 is 4.57 Å². The summed E-state index contributed by atoms with van der Waals surface area (Å²) in [6, 6.07) is 25.7. The molecule has 41 heavy (non-hydrogen) atoms. The van der Waals surface area contributed by atoms with Gasteiger partial charge in [0.05, 0.1) is 6.04 Å². The molecule has 0 saturated carbocycles. The zero-order valence-corrected chi connectivity index (χ0v) is 23.2. The Morgan fingerprint density at radius 1 is 0.878 bits per heavy atom. The normalized spacial score (nSPS) is 12.2. The molecule has 6 aromatic rings. The van der Waals surface area contributed by atoms with Gasteiger partial charge in [0, 0.05) is 18.7 Å². The molecule has 3 aromatic heterocycles. The Balaban J connectivity index is 1.43. The zero-order chi connectivity index (χ0) is 28.5. The fraction of sp³-hybridized carbons (Fsp3) is 0.226. The van der Waals surface area contributed by atoms with E-state index in [-0.39, 0.29) is 17.3 Å². The maximum atomic E-state index is 13.7. The summed E-state index contributed by atoms with van der Waals surface area (Å²) in [5.41, 5.74) is 5.10. The number of fused-ring (bicyclic) bond motifs is 1. The Hall–Kier alpha value is -5.12. The third kappa shape index (κ3) is 4.67. The summed E-state index contributed by atoms with van der Waals surface area (Å²) in [6.45, 7) is 6.59. The van der Waals surface area contributed by atoms with Crippen molar-refractivity contribution in [1.29, 1.82) is 0 Å². The van der Waals surface area contributed by atoms with E-state index >= 15 is 0 Å². The molecule has 0 aliphatic rings. The van der Waals surface area contributed by atoms with Crippen LogP contribution in [0.25, 0.3) is 33.7 Å². The molecular formula is C31H30N8O2. The second-order valence-corrected chi connectivity index (χ2v) is 10.1. The molecular weight excluding hydrogens is 516 g/mol. The summed E-state index contributed by atoms with van der Waals surface area (Å²) in [5, 5.41) is 14.3. The lowest BCUT2D eigenvalue weighted by Crippen LogP contribution is -2.41. The average molecular weight is 547 g/mol. The number of nitrogens with zero attached hydrogens (tertiary/aromatic N) is 7. The van der Waals surface area contributed by atoms with Crippen LogP contribution in [0.4, 0.5) is 0 Å². The van der Waals surface area contributed by atoms with Crippen molar-refractivity contribution in [2.24, 2.45) is 0 Å². The molecule has 10 heteroatoms. The number of benzene rings is 3. The first kappa shape index (κ1) is 26.1. The summed E-state index contributed by atoms with van der Waals surface area (Å²) in [7, 11) is 0. The highest BCUT2D eigenvalue weighted by Gasteiger charge is 2.23. The van der Waals surface area contributed by atoms with Crippen molar-refractivity contribution in [1.82, 2.24) is 39.3 Å². The van der Waals surface area contributed by atoms with Crippen LogP contribution < -0.4 is 11.2 Å². The average Bonchev–Trinajstić information content (AvgIpc) is 3.65. The smallest absolute Gasteiger partial charge is 0.318 e. The lowest BCUT2D eigenvalue weighted by Gasteiger charge is -2.18. The van der Waals surface area contributed by atoms with E-state index in [0.29, 0.717) is 42.3 Å². The first-order valence-corrected chi connectivity index (χ1v) is 13.7. The van der Waals surface area contributed by atoms with Crippen molar-refractivity contribution in [3.05, 3.63) is 117 Å². The Kier molecular flexibility index (Phi) is 6.88. The molecule has 0 aliphatic carbocycles. The first-order chi connectivity index (χ1) is 20.0. The molecule has 1 unspecified atom stereocenters. The molecule has 0 saturated heterocycles. The number of aryl methyl sites for hydroxylation is 1. The first-order valence-electron chi connectivity index (χ1n) is 13.7. The monoisotopic (exact) mass is 546 g/mol. The summed E-state index contributed by atoms with van der Waals surface area (Å²) < 4.78 is 4.92. The molecule has 0 radical (unpaired) electrons. The van der Waals surface area contributed by atoms with Gasteiger partial charge in [-0.2, -0.15) is 0 Å². The van der Waals surface area contributed by atoms with Crippen molar-refractivity contribution in [3.63, 3.8) is 0 Å². The Morgan fingerprint density at radius 3 is 2.27 bits per heavy atom. The molecule has 0 bridgehead atoms. The number of nitrogens with one attached hydrogen (secondary N) is 1. The molecule has 0 fully saturated rings. The fourth-order valence-corrected chi connectivity index (χ4v) is 5.39. The lowest BCUT2D eigenvalue weighted by atomic mass is 9.98. The van der Waals surface area contributed by atoms with Crippen LogP contribution in [0.1, 0.15) is 43.3 Å². The summed E-state index contributed by atoms with van der Waals surface area (Å²) in [6.07, 6.45) is 0.667. The highest BCUT2D eigenvalue weighted by atomic mass is 16.2. The van der Waals surface area contributed by atoms with Gasteiger partial charge in [0.15, 0.2) is 17.0 Å². The molecule has 6 rings (SSSR count). The number of H-pyrrole nitrogens is 1. The lowest BCUT2D eigenvalue weighted by molar-refractivity contribution is 0.536. The highest BCUT2D eigenvalue weighted by molar-refractivity contribution is 5.80. The van der Waals surface area contributed by atoms with Gasteiger partial charge in [-0.15, -0.1) is 5.10 Å². The van der Waals surface area contributed by atoms with Crippen molar-refractivity contribution in [2.75, 3.05) is 0 Å². The number of aromatic amines is 1.